The van der Waals surface area contributed by atoms with Crippen LogP contribution in [0.2, 0.25) is 0 Å². The van der Waals surface area contributed by atoms with E-state index in [1.54, 1.807) is 4.68 Å². The zero-order chi connectivity index (χ0) is 12.8. The third-order valence-electron chi connectivity index (χ3n) is 3.30. The summed E-state index contributed by atoms with van der Waals surface area (Å²) in [6.45, 7) is 0.791. The molecule has 0 aliphatic heterocycles. The minimum atomic E-state index is -0.846. The Morgan fingerprint density at radius 1 is 1.39 bits per heavy atom. The van der Waals surface area contributed by atoms with Crippen molar-refractivity contribution in [3.63, 3.8) is 0 Å². The van der Waals surface area contributed by atoms with E-state index in [4.69, 9.17) is 5.11 Å². The maximum atomic E-state index is 10.5. The Bertz CT molecular complexity index is 390. The van der Waals surface area contributed by atoms with Crippen molar-refractivity contribution in [2.75, 3.05) is 5.75 Å². The van der Waals surface area contributed by atoms with E-state index in [2.05, 4.69) is 15.5 Å². The lowest BCUT2D eigenvalue weighted by Gasteiger charge is -2.21. The highest BCUT2D eigenvalue weighted by Gasteiger charge is 2.15. The highest BCUT2D eigenvalue weighted by molar-refractivity contribution is 7.99. The van der Waals surface area contributed by atoms with Gasteiger partial charge in [0, 0.05) is 6.54 Å². The molecule has 0 radical (unpaired) electrons. The standard InChI is InChI=1S/C11H18N4O2S/c16-10(17)8-18-11-12-13-14-15(11)7-6-9-4-2-1-3-5-9/h9H,1-8H2,(H,16,17). The maximum Gasteiger partial charge on any atom is 0.313 e. The predicted octanol–water partition coefficient (Wildman–Crippen LogP) is 1.82. The van der Waals surface area contributed by atoms with E-state index in [1.165, 1.54) is 43.9 Å². The summed E-state index contributed by atoms with van der Waals surface area (Å²) >= 11 is 1.18. The number of aliphatic carboxylic acids is 1. The van der Waals surface area contributed by atoms with Gasteiger partial charge >= 0.3 is 5.97 Å². The summed E-state index contributed by atoms with van der Waals surface area (Å²) in [4.78, 5) is 10.5. The van der Waals surface area contributed by atoms with Gasteiger partial charge in [0.1, 0.15) is 0 Å². The Morgan fingerprint density at radius 2 is 2.17 bits per heavy atom. The van der Waals surface area contributed by atoms with E-state index in [1.807, 2.05) is 0 Å². The molecule has 1 fully saturated rings. The molecule has 6 nitrogen and oxygen atoms in total. The van der Waals surface area contributed by atoms with Crippen molar-refractivity contribution in [2.45, 2.75) is 50.2 Å². The van der Waals surface area contributed by atoms with E-state index in [0.29, 0.717) is 5.16 Å². The molecule has 0 aromatic carbocycles. The van der Waals surface area contributed by atoms with Crippen LogP contribution in [0.25, 0.3) is 0 Å². The molecule has 1 aromatic heterocycles. The third kappa shape index (κ3) is 3.97. The first-order valence-electron chi connectivity index (χ1n) is 6.36. The van der Waals surface area contributed by atoms with E-state index >= 15 is 0 Å². The SMILES string of the molecule is O=C(O)CSc1nnnn1CCC1CCCCC1. The fourth-order valence-corrected chi connectivity index (χ4v) is 2.97. The molecule has 1 heterocycles. The average molecular weight is 270 g/mol. The molecule has 0 bridgehead atoms. The molecule has 1 aliphatic rings. The second kappa shape index (κ2) is 6.72. The van der Waals surface area contributed by atoms with Gasteiger partial charge in [0.15, 0.2) is 0 Å². The van der Waals surface area contributed by atoms with Gasteiger partial charge in [-0.1, -0.05) is 43.9 Å². The van der Waals surface area contributed by atoms with Crippen LogP contribution in [0, 0.1) is 5.92 Å². The van der Waals surface area contributed by atoms with Crippen LogP contribution in [0.3, 0.4) is 0 Å². The van der Waals surface area contributed by atoms with Gasteiger partial charge in [-0.15, -0.1) is 5.10 Å². The van der Waals surface area contributed by atoms with Crippen molar-refractivity contribution in [1.29, 1.82) is 0 Å². The minimum Gasteiger partial charge on any atom is -0.481 e. The Hall–Kier alpha value is -1.11. The second-order valence-electron chi connectivity index (χ2n) is 4.66. The number of carbonyl (C=O) groups is 1. The molecule has 2 rings (SSSR count). The number of thioether (sulfide) groups is 1. The van der Waals surface area contributed by atoms with Gasteiger partial charge in [-0.05, 0) is 22.8 Å². The van der Waals surface area contributed by atoms with Crippen molar-refractivity contribution in [1.82, 2.24) is 20.2 Å². The average Bonchev–Trinajstić information content (AvgIpc) is 2.82. The van der Waals surface area contributed by atoms with Gasteiger partial charge in [-0.2, -0.15) is 0 Å². The largest absolute Gasteiger partial charge is 0.481 e. The third-order valence-corrected chi connectivity index (χ3v) is 4.24. The molecule has 1 aromatic rings. The first-order valence-corrected chi connectivity index (χ1v) is 7.35. The number of aryl methyl sites for hydroxylation is 1. The molecule has 0 unspecified atom stereocenters. The molecule has 1 saturated carbocycles. The number of rotatable bonds is 6. The Labute approximate surface area is 110 Å². The van der Waals surface area contributed by atoms with Crippen LogP contribution in [0.1, 0.15) is 38.5 Å². The van der Waals surface area contributed by atoms with Crippen molar-refractivity contribution in [2.24, 2.45) is 5.92 Å². The van der Waals surface area contributed by atoms with Gasteiger partial charge in [0.25, 0.3) is 0 Å². The smallest absolute Gasteiger partial charge is 0.313 e. The molecule has 100 valence electrons. The lowest BCUT2D eigenvalue weighted by molar-refractivity contribution is -0.133. The molecule has 7 heteroatoms. The molecular weight excluding hydrogens is 252 g/mol. The molecule has 0 atom stereocenters. The summed E-state index contributed by atoms with van der Waals surface area (Å²) in [5, 5.41) is 20.6. The fraction of sp³-hybridized carbons (Fsp3) is 0.818. The summed E-state index contributed by atoms with van der Waals surface area (Å²) in [6, 6.07) is 0. The summed E-state index contributed by atoms with van der Waals surface area (Å²) in [6.07, 6.45) is 7.73. The van der Waals surface area contributed by atoms with Gasteiger partial charge < -0.3 is 5.11 Å². The first-order chi connectivity index (χ1) is 8.75. The van der Waals surface area contributed by atoms with Crippen LogP contribution in [0.15, 0.2) is 5.16 Å². The number of carboxylic acids is 1. The second-order valence-corrected chi connectivity index (χ2v) is 5.60. The van der Waals surface area contributed by atoms with E-state index in [-0.39, 0.29) is 5.75 Å². The number of aromatic nitrogens is 4. The fourth-order valence-electron chi connectivity index (χ4n) is 2.35. The summed E-state index contributed by atoms with van der Waals surface area (Å²) in [5.41, 5.74) is 0. The van der Waals surface area contributed by atoms with Crippen LogP contribution in [-0.4, -0.2) is 37.0 Å². The van der Waals surface area contributed by atoms with Gasteiger partial charge in [0.05, 0.1) is 5.75 Å². The van der Waals surface area contributed by atoms with Crippen LogP contribution >= 0.6 is 11.8 Å². The number of carboxylic acid groups (broad SMARTS) is 1. The highest BCUT2D eigenvalue weighted by atomic mass is 32.2. The molecule has 18 heavy (non-hydrogen) atoms. The van der Waals surface area contributed by atoms with Crippen molar-refractivity contribution in [3.05, 3.63) is 0 Å². The van der Waals surface area contributed by atoms with Gasteiger partial charge in [0.2, 0.25) is 5.16 Å². The lowest BCUT2D eigenvalue weighted by Crippen LogP contribution is -2.12. The van der Waals surface area contributed by atoms with Crippen molar-refractivity contribution >= 4 is 17.7 Å². The number of hydrogen-bond acceptors (Lipinski definition) is 5. The number of hydrogen-bond donors (Lipinski definition) is 1. The summed E-state index contributed by atoms with van der Waals surface area (Å²) < 4.78 is 1.72. The van der Waals surface area contributed by atoms with Crippen molar-refractivity contribution in [3.8, 4) is 0 Å². The van der Waals surface area contributed by atoms with E-state index < -0.39 is 5.97 Å². The monoisotopic (exact) mass is 270 g/mol. The van der Waals surface area contributed by atoms with Crippen LogP contribution in [0.4, 0.5) is 0 Å². The molecular formula is C11H18N4O2S. The summed E-state index contributed by atoms with van der Waals surface area (Å²) in [7, 11) is 0. The highest BCUT2D eigenvalue weighted by Crippen LogP contribution is 2.27. The zero-order valence-corrected chi connectivity index (χ0v) is 11.1. The quantitative estimate of drug-likeness (QED) is 0.794. The first kappa shape index (κ1) is 13.3. The topological polar surface area (TPSA) is 80.9 Å². The van der Waals surface area contributed by atoms with E-state index in [0.717, 1.165) is 18.9 Å². The Morgan fingerprint density at radius 3 is 2.89 bits per heavy atom. The van der Waals surface area contributed by atoms with Crippen LogP contribution in [0.5, 0.6) is 0 Å². The molecule has 1 aliphatic carbocycles. The Balaban J connectivity index is 1.81. The molecule has 0 spiro atoms. The van der Waals surface area contributed by atoms with E-state index in [9.17, 15) is 4.79 Å². The molecule has 0 saturated heterocycles. The Kier molecular flexibility index (Phi) is 4.98. The van der Waals surface area contributed by atoms with Gasteiger partial charge in [-0.3, -0.25) is 4.79 Å². The number of tetrazole rings is 1. The summed E-state index contributed by atoms with van der Waals surface area (Å²) in [5.74, 6) is -0.0637. The molecule has 1 N–H and O–H groups in total. The molecule has 0 amide bonds. The number of nitrogens with zero attached hydrogens (tertiary/aromatic N) is 4. The minimum absolute atomic E-state index is 0.00377. The maximum absolute atomic E-state index is 10.5. The predicted molar refractivity (Wildman–Crippen MR) is 67.4 cm³/mol. The van der Waals surface area contributed by atoms with Crippen molar-refractivity contribution < 1.29 is 9.90 Å². The van der Waals surface area contributed by atoms with Gasteiger partial charge in [-0.25, -0.2) is 4.68 Å². The zero-order valence-electron chi connectivity index (χ0n) is 10.3. The van der Waals surface area contributed by atoms with Crippen LogP contribution in [-0.2, 0) is 11.3 Å². The lowest BCUT2D eigenvalue weighted by atomic mass is 9.87. The van der Waals surface area contributed by atoms with Crippen LogP contribution < -0.4 is 0 Å². The normalized spacial score (nSPS) is 16.9.